The molecule has 1 aromatic heterocycles. The van der Waals surface area contributed by atoms with Gasteiger partial charge in [-0.15, -0.1) is 10.2 Å². The van der Waals surface area contributed by atoms with Crippen LogP contribution in [0.4, 0.5) is 0 Å². The highest BCUT2D eigenvalue weighted by molar-refractivity contribution is 7.99. The van der Waals surface area contributed by atoms with Crippen molar-refractivity contribution in [3.05, 3.63) is 5.82 Å². The Morgan fingerprint density at radius 3 is 2.56 bits per heavy atom. The van der Waals surface area contributed by atoms with E-state index in [4.69, 9.17) is 5.73 Å². The molecule has 0 amide bonds. The van der Waals surface area contributed by atoms with Crippen LogP contribution in [0.3, 0.4) is 0 Å². The summed E-state index contributed by atoms with van der Waals surface area (Å²) in [6.07, 6.45) is 9.58. The summed E-state index contributed by atoms with van der Waals surface area (Å²) in [5.41, 5.74) is 5.74. The van der Waals surface area contributed by atoms with Crippen molar-refractivity contribution in [2.45, 2.75) is 62.7 Å². The van der Waals surface area contributed by atoms with E-state index < -0.39 is 0 Å². The first-order chi connectivity index (χ1) is 8.88. The molecular weight excluding hydrogens is 244 g/mol. The van der Waals surface area contributed by atoms with Gasteiger partial charge in [0.1, 0.15) is 5.82 Å². The predicted molar refractivity (Wildman–Crippen MR) is 73.5 cm³/mol. The molecular formula is C13H22N4S. The molecule has 4 nitrogen and oxygen atoms in total. The molecule has 0 aromatic carbocycles. The van der Waals surface area contributed by atoms with Crippen molar-refractivity contribution in [3.63, 3.8) is 0 Å². The zero-order chi connectivity index (χ0) is 12.4. The predicted octanol–water partition coefficient (Wildman–Crippen LogP) is 2.74. The number of thioether (sulfide) groups is 1. The van der Waals surface area contributed by atoms with Crippen LogP contribution in [0.2, 0.25) is 0 Å². The van der Waals surface area contributed by atoms with Gasteiger partial charge in [0.15, 0.2) is 5.16 Å². The van der Waals surface area contributed by atoms with Crippen LogP contribution in [-0.2, 0) is 6.54 Å². The summed E-state index contributed by atoms with van der Waals surface area (Å²) in [6.45, 7) is 0.507. The Balaban J connectivity index is 1.63. The normalized spacial score (nSPS) is 21.4. The first kappa shape index (κ1) is 12.5. The lowest BCUT2D eigenvalue weighted by molar-refractivity contribution is 0.390. The molecule has 2 aliphatic rings. The van der Waals surface area contributed by atoms with Gasteiger partial charge in [-0.05, 0) is 31.6 Å². The fraction of sp³-hybridized carbons (Fsp3) is 0.846. The Kier molecular flexibility index (Phi) is 3.89. The molecule has 2 saturated carbocycles. The van der Waals surface area contributed by atoms with Crippen LogP contribution >= 0.6 is 11.8 Å². The third-order valence-corrected chi connectivity index (χ3v) is 5.18. The fourth-order valence-corrected chi connectivity index (χ4v) is 4.00. The zero-order valence-electron chi connectivity index (χ0n) is 10.8. The van der Waals surface area contributed by atoms with E-state index in [1.807, 2.05) is 11.8 Å². The number of hydrogen-bond donors (Lipinski definition) is 1. The average molecular weight is 266 g/mol. The van der Waals surface area contributed by atoms with E-state index in [0.717, 1.165) is 16.9 Å². The smallest absolute Gasteiger partial charge is 0.191 e. The minimum Gasteiger partial charge on any atom is -0.324 e. The standard InChI is InChI=1S/C13H22N4S/c14-8-12-15-16-13(17(12)11-6-7-11)18-9-10-4-2-1-3-5-10/h10-11H,1-9,14H2. The number of nitrogens with zero attached hydrogens (tertiary/aromatic N) is 3. The van der Waals surface area contributed by atoms with Crippen LogP contribution < -0.4 is 5.73 Å². The van der Waals surface area contributed by atoms with Crippen molar-refractivity contribution in [1.29, 1.82) is 0 Å². The largest absolute Gasteiger partial charge is 0.324 e. The van der Waals surface area contributed by atoms with E-state index >= 15 is 0 Å². The zero-order valence-corrected chi connectivity index (χ0v) is 11.7. The van der Waals surface area contributed by atoms with Crippen LogP contribution in [0, 0.1) is 5.92 Å². The van der Waals surface area contributed by atoms with Gasteiger partial charge in [-0.3, -0.25) is 0 Å². The first-order valence-electron chi connectivity index (χ1n) is 7.15. The van der Waals surface area contributed by atoms with E-state index in [1.165, 1.54) is 50.7 Å². The summed E-state index contributed by atoms with van der Waals surface area (Å²) in [7, 11) is 0. The van der Waals surface area contributed by atoms with Gasteiger partial charge in [0.2, 0.25) is 0 Å². The van der Waals surface area contributed by atoms with Gasteiger partial charge in [-0.2, -0.15) is 0 Å². The summed E-state index contributed by atoms with van der Waals surface area (Å²) in [6, 6.07) is 0.632. The summed E-state index contributed by atoms with van der Waals surface area (Å²) < 4.78 is 2.29. The van der Waals surface area contributed by atoms with E-state index in [9.17, 15) is 0 Å². The van der Waals surface area contributed by atoms with E-state index in [-0.39, 0.29) is 0 Å². The van der Waals surface area contributed by atoms with Gasteiger partial charge >= 0.3 is 0 Å². The van der Waals surface area contributed by atoms with Crippen molar-refractivity contribution < 1.29 is 0 Å². The second kappa shape index (κ2) is 5.61. The van der Waals surface area contributed by atoms with Crippen molar-refractivity contribution in [2.24, 2.45) is 11.7 Å². The van der Waals surface area contributed by atoms with E-state index in [1.54, 1.807) is 0 Å². The van der Waals surface area contributed by atoms with Crippen LogP contribution in [-0.4, -0.2) is 20.5 Å². The Hall–Kier alpha value is -0.550. The summed E-state index contributed by atoms with van der Waals surface area (Å²) in [4.78, 5) is 0. The molecule has 0 radical (unpaired) electrons. The summed E-state index contributed by atoms with van der Waals surface area (Å²) in [5, 5.41) is 9.66. The lowest BCUT2D eigenvalue weighted by Crippen LogP contribution is -2.11. The van der Waals surface area contributed by atoms with Crippen molar-refractivity contribution in [1.82, 2.24) is 14.8 Å². The topological polar surface area (TPSA) is 56.7 Å². The quantitative estimate of drug-likeness (QED) is 0.833. The van der Waals surface area contributed by atoms with E-state index in [0.29, 0.717) is 12.6 Å². The minimum atomic E-state index is 0.507. The van der Waals surface area contributed by atoms with E-state index in [2.05, 4.69) is 14.8 Å². The van der Waals surface area contributed by atoms with Crippen LogP contribution in [0.5, 0.6) is 0 Å². The van der Waals surface area contributed by atoms with Crippen LogP contribution in [0.25, 0.3) is 0 Å². The van der Waals surface area contributed by atoms with Gasteiger partial charge in [0.25, 0.3) is 0 Å². The monoisotopic (exact) mass is 266 g/mol. The number of rotatable bonds is 5. The van der Waals surface area contributed by atoms with Gasteiger partial charge in [-0.25, -0.2) is 0 Å². The molecule has 1 heterocycles. The molecule has 2 aliphatic carbocycles. The molecule has 1 aromatic rings. The van der Waals surface area contributed by atoms with Gasteiger partial charge in [-0.1, -0.05) is 31.0 Å². The molecule has 3 rings (SSSR count). The molecule has 0 spiro atoms. The third-order valence-electron chi connectivity index (χ3n) is 4.00. The highest BCUT2D eigenvalue weighted by Gasteiger charge is 2.29. The molecule has 0 unspecified atom stereocenters. The molecule has 0 atom stereocenters. The molecule has 0 saturated heterocycles. The van der Waals surface area contributed by atoms with Crippen LogP contribution in [0.1, 0.15) is 56.8 Å². The average Bonchev–Trinajstić information content (AvgIpc) is 3.18. The highest BCUT2D eigenvalue weighted by atomic mass is 32.2. The second-order valence-electron chi connectivity index (χ2n) is 5.52. The SMILES string of the molecule is NCc1nnc(SCC2CCCCC2)n1C1CC1. The molecule has 18 heavy (non-hydrogen) atoms. The van der Waals surface area contributed by atoms with Gasteiger partial charge in [0.05, 0.1) is 6.54 Å². The molecule has 2 fully saturated rings. The number of nitrogens with two attached hydrogens (primary N) is 1. The van der Waals surface area contributed by atoms with Gasteiger partial charge in [0, 0.05) is 11.8 Å². The molecule has 0 bridgehead atoms. The maximum atomic E-state index is 5.74. The maximum absolute atomic E-state index is 5.74. The Morgan fingerprint density at radius 1 is 1.11 bits per heavy atom. The Labute approximate surface area is 113 Å². The number of aromatic nitrogens is 3. The highest BCUT2D eigenvalue weighted by Crippen LogP contribution is 2.39. The summed E-state index contributed by atoms with van der Waals surface area (Å²) in [5.74, 6) is 3.05. The lowest BCUT2D eigenvalue weighted by atomic mass is 9.91. The van der Waals surface area contributed by atoms with Crippen molar-refractivity contribution >= 4 is 11.8 Å². The van der Waals surface area contributed by atoms with Crippen LogP contribution in [0.15, 0.2) is 5.16 Å². The molecule has 100 valence electrons. The second-order valence-corrected chi connectivity index (χ2v) is 6.51. The lowest BCUT2D eigenvalue weighted by Gasteiger charge is -2.20. The number of hydrogen-bond acceptors (Lipinski definition) is 4. The Morgan fingerprint density at radius 2 is 1.89 bits per heavy atom. The molecule has 0 aliphatic heterocycles. The summed E-state index contributed by atoms with van der Waals surface area (Å²) >= 11 is 1.89. The fourth-order valence-electron chi connectivity index (χ4n) is 2.79. The van der Waals surface area contributed by atoms with Crippen molar-refractivity contribution in [2.75, 3.05) is 5.75 Å². The molecule has 5 heteroatoms. The first-order valence-corrected chi connectivity index (χ1v) is 8.13. The Bertz CT molecular complexity index is 394. The van der Waals surface area contributed by atoms with Crippen molar-refractivity contribution in [3.8, 4) is 0 Å². The van der Waals surface area contributed by atoms with Gasteiger partial charge < -0.3 is 10.3 Å². The third kappa shape index (κ3) is 2.72. The minimum absolute atomic E-state index is 0.507. The maximum Gasteiger partial charge on any atom is 0.191 e. The molecule has 2 N–H and O–H groups in total.